The molecule has 0 saturated heterocycles. The minimum absolute atomic E-state index is 0.00350. The van der Waals surface area contributed by atoms with Crippen molar-refractivity contribution in [3.05, 3.63) is 64.9 Å². The summed E-state index contributed by atoms with van der Waals surface area (Å²) in [6, 6.07) is 7.34. The molecule has 3 aromatic rings. The van der Waals surface area contributed by atoms with Crippen molar-refractivity contribution in [2.75, 3.05) is 20.3 Å². The van der Waals surface area contributed by atoms with Crippen LogP contribution in [0.15, 0.2) is 36.7 Å². The van der Waals surface area contributed by atoms with Gasteiger partial charge in [-0.3, -0.25) is 4.79 Å². The number of Topliss-reactive ketones (excluding diaryl/α,β-unsaturated/α-hetero) is 1. The predicted molar refractivity (Wildman–Crippen MR) is 120 cm³/mol. The van der Waals surface area contributed by atoms with Gasteiger partial charge >= 0.3 is 5.97 Å². The molecule has 0 bridgehead atoms. The van der Waals surface area contributed by atoms with Crippen LogP contribution in [-0.2, 0) is 16.0 Å². The lowest BCUT2D eigenvalue weighted by Crippen LogP contribution is -2.17. The van der Waals surface area contributed by atoms with Gasteiger partial charge in [0.2, 0.25) is 5.78 Å². The van der Waals surface area contributed by atoms with Crippen molar-refractivity contribution in [3.63, 3.8) is 0 Å². The van der Waals surface area contributed by atoms with Crippen molar-refractivity contribution in [1.29, 1.82) is 0 Å². The molecule has 0 N–H and O–H groups in total. The molecule has 0 amide bonds. The first-order valence-electron chi connectivity index (χ1n) is 10.7. The quantitative estimate of drug-likeness (QED) is 0.271. The number of rotatable bonds is 10. The number of carbonyl (C=O) groups is 2. The van der Waals surface area contributed by atoms with E-state index in [1.165, 1.54) is 6.20 Å². The van der Waals surface area contributed by atoms with E-state index in [9.17, 15) is 9.59 Å². The van der Waals surface area contributed by atoms with E-state index < -0.39 is 5.97 Å². The highest BCUT2D eigenvalue weighted by Gasteiger charge is 2.24. The van der Waals surface area contributed by atoms with Gasteiger partial charge in [0.15, 0.2) is 12.4 Å². The van der Waals surface area contributed by atoms with Crippen molar-refractivity contribution in [2.24, 2.45) is 0 Å². The highest BCUT2D eigenvalue weighted by molar-refractivity contribution is 6.00. The van der Waals surface area contributed by atoms with Crippen molar-refractivity contribution >= 4 is 11.8 Å². The second-order valence-corrected chi connectivity index (χ2v) is 7.98. The fourth-order valence-corrected chi connectivity index (χ4v) is 3.81. The zero-order valence-electron chi connectivity index (χ0n) is 19.3. The maximum absolute atomic E-state index is 12.8. The number of carbonyl (C=O) groups excluding carboxylic acids is 2. The maximum atomic E-state index is 12.8. The summed E-state index contributed by atoms with van der Waals surface area (Å²) >= 11 is 0. The zero-order valence-corrected chi connectivity index (χ0v) is 19.3. The van der Waals surface area contributed by atoms with Crippen LogP contribution in [0.3, 0.4) is 0 Å². The molecule has 0 unspecified atom stereocenters. The van der Waals surface area contributed by atoms with Gasteiger partial charge < -0.3 is 14.0 Å². The third-order valence-corrected chi connectivity index (χ3v) is 5.38. The van der Waals surface area contributed by atoms with Gasteiger partial charge in [-0.15, -0.1) is 0 Å². The van der Waals surface area contributed by atoms with Crippen LogP contribution in [0.2, 0.25) is 0 Å². The first-order valence-corrected chi connectivity index (χ1v) is 10.7. The van der Waals surface area contributed by atoms with E-state index >= 15 is 0 Å². The van der Waals surface area contributed by atoms with Crippen LogP contribution >= 0.6 is 0 Å². The van der Waals surface area contributed by atoms with Gasteiger partial charge in [-0.25, -0.2) is 14.5 Å². The Hall–Kier alpha value is -3.26. The lowest BCUT2D eigenvalue weighted by Gasteiger charge is -2.12. The molecule has 0 aromatic carbocycles. The van der Waals surface area contributed by atoms with E-state index in [1.807, 2.05) is 52.0 Å². The van der Waals surface area contributed by atoms with Crippen LogP contribution in [0.4, 0.5) is 0 Å². The molecule has 3 aromatic heterocycles. The normalized spacial score (nSPS) is 11.2. The van der Waals surface area contributed by atoms with Crippen LogP contribution in [0.5, 0.6) is 0 Å². The van der Waals surface area contributed by atoms with Crippen LogP contribution in [0.25, 0.3) is 5.82 Å². The van der Waals surface area contributed by atoms with Gasteiger partial charge in [0.05, 0.1) is 11.9 Å². The number of ketones is 1. The average Bonchev–Trinajstić information content (AvgIpc) is 3.35. The van der Waals surface area contributed by atoms with E-state index in [4.69, 9.17) is 9.47 Å². The molecule has 0 radical (unpaired) electrons. The molecule has 3 rings (SSSR count). The smallest absolute Gasteiger partial charge is 0.342 e. The Morgan fingerprint density at radius 2 is 1.94 bits per heavy atom. The van der Waals surface area contributed by atoms with E-state index in [0.717, 1.165) is 24.4 Å². The summed E-state index contributed by atoms with van der Waals surface area (Å²) in [4.78, 5) is 29.9. The largest absolute Gasteiger partial charge is 0.454 e. The Bertz CT molecular complexity index is 1080. The van der Waals surface area contributed by atoms with Crippen LogP contribution in [0.1, 0.15) is 64.0 Å². The molecular weight excluding hydrogens is 408 g/mol. The molecular formula is C24H30N4O4. The summed E-state index contributed by atoms with van der Waals surface area (Å²) in [5.74, 6) is -0.179. The van der Waals surface area contributed by atoms with Gasteiger partial charge in [0.25, 0.3) is 0 Å². The summed E-state index contributed by atoms with van der Waals surface area (Å²) in [5.41, 5.74) is 3.46. The van der Waals surface area contributed by atoms with Crippen LogP contribution in [-0.4, -0.2) is 51.4 Å². The third-order valence-electron chi connectivity index (χ3n) is 5.38. The maximum Gasteiger partial charge on any atom is 0.342 e. The second-order valence-electron chi connectivity index (χ2n) is 7.98. The number of aryl methyl sites for hydroxylation is 1. The second kappa shape index (κ2) is 10.4. The number of methoxy groups -OCH3 is 1. The molecule has 32 heavy (non-hydrogen) atoms. The minimum atomic E-state index is -0.571. The topological polar surface area (TPSA) is 88.2 Å². The standard InChI is InChI=1S/C24H30N4O4/c1-16(2)23-20(14-26-28(23)22-9-6-7-10-25-22)24(30)32-15-21(29)19-13-17(3)27(18(19)4)11-8-12-31-5/h6-7,9-10,13-14,16H,8,11-12,15H2,1-5H3. The fourth-order valence-electron chi connectivity index (χ4n) is 3.81. The molecule has 3 heterocycles. The fraction of sp³-hybridized carbons (Fsp3) is 0.417. The number of nitrogens with zero attached hydrogens (tertiary/aromatic N) is 4. The van der Waals surface area contributed by atoms with Crippen LogP contribution in [0, 0.1) is 13.8 Å². The molecule has 0 aliphatic rings. The molecule has 8 heteroatoms. The number of hydrogen-bond acceptors (Lipinski definition) is 6. The summed E-state index contributed by atoms with van der Waals surface area (Å²) in [6.07, 6.45) is 4.00. The summed E-state index contributed by atoms with van der Waals surface area (Å²) in [7, 11) is 1.67. The molecule has 0 atom stereocenters. The molecule has 170 valence electrons. The summed E-state index contributed by atoms with van der Waals surface area (Å²) in [5, 5.41) is 4.33. The number of hydrogen-bond donors (Lipinski definition) is 0. The van der Waals surface area contributed by atoms with Gasteiger partial charge in [-0.1, -0.05) is 19.9 Å². The lowest BCUT2D eigenvalue weighted by atomic mass is 10.1. The van der Waals surface area contributed by atoms with Crippen molar-refractivity contribution in [2.45, 2.75) is 46.6 Å². The minimum Gasteiger partial charge on any atom is -0.454 e. The molecule has 0 aliphatic carbocycles. The Morgan fingerprint density at radius 3 is 2.59 bits per heavy atom. The summed E-state index contributed by atoms with van der Waals surface area (Å²) in [6.45, 7) is 8.90. The van der Waals surface area contributed by atoms with Gasteiger partial charge in [-0.05, 0) is 44.4 Å². The number of esters is 1. The number of aromatic nitrogens is 4. The highest BCUT2D eigenvalue weighted by Crippen LogP contribution is 2.23. The zero-order chi connectivity index (χ0) is 23.3. The Labute approximate surface area is 188 Å². The van der Waals surface area contributed by atoms with E-state index in [-0.39, 0.29) is 18.3 Å². The Balaban J connectivity index is 1.73. The first kappa shape index (κ1) is 23.4. The molecule has 0 saturated carbocycles. The van der Waals surface area contributed by atoms with E-state index in [0.29, 0.717) is 29.2 Å². The van der Waals surface area contributed by atoms with E-state index in [1.54, 1.807) is 18.0 Å². The van der Waals surface area contributed by atoms with Gasteiger partial charge in [0, 0.05) is 43.4 Å². The van der Waals surface area contributed by atoms with Crippen molar-refractivity contribution < 1.29 is 19.1 Å². The number of pyridine rings is 1. The molecule has 0 aliphatic heterocycles. The van der Waals surface area contributed by atoms with Crippen molar-refractivity contribution in [1.82, 2.24) is 19.3 Å². The Morgan fingerprint density at radius 1 is 1.16 bits per heavy atom. The van der Waals surface area contributed by atoms with Crippen LogP contribution < -0.4 is 0 Å². The first-order chi connectivity index (χ1) is 15.3. The monoisotopic (exact) mass is 438 g/mol. The van der Waals surface area contributed by atoms with Gasteiger partial charge in [-0.2, -0.15) is 5.10 Å². The molecule has 0 fully saturated rings. The van der Waals surface area contributed by atoms with E-state index in [2.05, 4.69) is 14.6 Å². The molecule has 0 spiro atoms. The highest BCUT2D eigenvalue weighted by atomic mass is 16.5. The molecule has 8 nitrogen and oxygen atoms in total. The van der Waals surface area contributed by atoms with Gasteiger partial charge in [0.1, 0.15) is 5.56 Å². The average molecular weight is 439 g/mol. The lowest BCUT2D eigenvalue weighted by molar-refractivity contribution is 0.0473. The Kier molecular flexibility index (Phi) is 7.58. The predicted octanol–water partition coefficient (Wildman–Crippen LogP) is 3.89. The SMILES string of the molecule is COCCCn1c(C)cc(C(=O)COC(=O)c2cnn(-c3ccccn3)c2C(C)C)c1C. The number of ether oxygens (including phenoxy) is 2. The summed E-state index contributed by atoms with van der Waals surface area (Å²) < 4.78 is 14.2. The van der Waals surface area contributed by atoms with Crippen molar-refractivity contribution in [3.8, 4) is 5.82 Å². The third kappa shape index (κ3) is 4.96.